The summed E-state index contributed by atoms with van der Waals surface area (Å²) in [5.41, 5.74) is 0. The van der Waals surface area contributed by atoms with Gasteiger partial charge in [-0.3, -0.25) is 4.79 Å². The van der Waals surface area contributed by atoms with Crippen LogP contribution in [0.5, 0.6) is 0 Å². The smallest absolute Gasteiger partial charge is 0.220 e. The lowest BCUT2D eigenvalue weighted by atomic mass is 9.87. The summed E-state index contributed by atoms with van der Waals surface area (Å²) < 4.78 is 0. The molecule has 16 heavy (non-hydrogen) atoms. The summed E-state index contributed by atoms with van der Waals surface area (Å²) in [6, 6.07) is 0. The molecule has 0 aromatic heterocycles. The van der Waals surface area contributed by atoms with Crippen molar-refractivity contribution in [2.24, 2.45) is 5.92 Å². The Kier molecular flexibility index (Phi) is 7.65. The van der Waals surface area contributed by atoms with Crippen LogP contribution >= 0.6 is 11.6 Å². The number of amides is 1. The minimum absolute atomic E-state index is 0.248. The normalized spacial score (nSPS) is 17.3. The summed E-state index contributed by atoms with van der Waals surface area (Å²) in [4.78, 5) is 11.6. The maximum absolute atomic E-state index is 11.6. The molecule has 0 spiro atoms. The number of carbonyl (C=O) groups excluding carboxylic acids is 1. The zero-order chi connectivity index (χ0) is 11.6. The van der Waals surface area contributed by atoms with Crippen LogP contribution in [0.2, 0.25) is 0 Å². The number of rotatable bonds is 7. The van der Waals surface area contributed by atoms with Crippen molar-refractivity contribution in [2.75, 3.05) is 12.4 Å². The highest BCUT2D eigenvalue weighted by atomic mass is 35.5. The van der Waals surface area contributed by atoms with Gasteiger partial charge in [0.15, 0.2) is 0 Å². The molecule has 0 unspecified atom stereocenters. The fourth-order valence-corrected chi connectivity index (χ4v) is 2.54. The molecule has 1 saturated carbocycles. The largest absolute Gasteiger partial charge is 0.356 e. The van der Waals surface area contributed by atoms with E-state index in [0.29, 0.717) is 5.92 Å². The molecule has 1 fully saturated rings. The van der Waals surface area contributed by atoms with Gasteiger partial charge in [-0.25, -0.2) is 0 Å². The number of halogens is 1. The molecule has 0 bridgehead atoms. The Hall–Kier alpha value is -0.240. The Balaban J connectivity index is 1.97. The van der Waals surface area contributed by atoms with E-state index in [1.54, 1.807) is 0 Å². The van der Waals surface area contributed by atoms with Crippen LogP contribution in [-0.2, 0) is 4.79 Å². The Labute approximate surface area is 104 Å². The molecular weight excluding hydrogens is 222 g/mol. The van der Waals surface area contributed by atoms with Gasteiger partial charge in [0, 0.05) is 18.8 Å². The Morgan fingerprint density at radius 2 is 1.88 bits per heavy atom. The Morgan fingerprint density at radius 3 is 2.56 bits per heavy atom. The molecule has 0 heterocycles. The molecular formula is C13H24ClNO. The van der Waals surface area contributed by atoms with Crippen molar-refractivity contribution < 1.29 is 4.79 Å². The maximum atomic E-state index is 11.6. The number of alkyl halides is 1. The van der Waals surface area contributed by atoms with Gasteiger partial charge in [0.1, 0.15) is 0 Å². The Morgan fingerprint density at radius 1 is 1.12 bits per heavy atom. The highest BCUT2D eigenvalue weighted by Gasteiger charge is 2.16. The Bertz CT molecular complexity index is 190. The standard InChI is InChI=1S/C13H24ClNO/c14-9-5-2-6-10-15-13(16)11-12-7-3-1-4-8-12/h12H,1-11H2,(H,15,16). The van der Waals surface area contributed by atoms with Gasteiger partial charge in [-0.05, 0) is 31.6 Å². The van der Waals surface area contributed by atoms with Gasteiger partial charge < -0.3 is 5.32 Å². The van der Waals surface area contributed by atoms with Gasteiger partial charge in [0.05, 0.1) is 0 Å². The second-order valence-corrected chi connectivity index (χ2v) is 5.19. The number of hydrogen-bond donors (Lipinski definition) is 1. The average Bonchev–Trinajstić information content (AvgIpc) is 2.30. The third-order valence-corrected chi connectivity index (χ3v) is 3.60. The first-order valence-electron chi connectivity index (χ1n) is 6.65. The summed E-state index contributed by atoms with van der Waals surface area (Å²) in [5.74, 6) is 1.63. The van der Waals surface area contributed by atoms with Crippen LogP contribution in [0, 0.1) is 5.92 Å². The topological polar surface area (TPSA) is 29.1 Å². The lowest BCUT2D eigenvalue weighted by Crippen LogP contribution is -2.27. The van der Waals surface area contributed by atoms with Crippen LogP contribution in [0.3, 0.4) is 0 Å². The highest BCUT2D eigenvalue weighted by molar-refractivity contribution is 6.17. The van der Waals surface area contributed by atoms with Crippen LogP contribution in [0.4, 0.5) is 0 Å². The van der Waals surface area contributed by atoms with Gasteiger partial charge in [-0.2, -0.15) is 0 Å². The van der Waals surface area contributed by atoms with Gasteiger partial charge in [-0.1, -0.05) is 25.7 Å². The van der Waals surface area contributed by atoms with Gasteiger partial charge in [0.2, 0.25) is 5.91 Å². The van der Waals surface area contributed by atoms with E-state index in [2.05, 4.69) is 5.32 Å². The van der Waals surface area contributed by atoms with Gasteiger partial charge in [0.25, 0.3) is 0 Å². The molecule has 0 aliphatic heterocycles. The van der Waals surface area contributed by atoms with Crippen molar-refractivity contribution >= 4 is 17.5 Å². The SMILES string of the molecule is O=C(CC1CCCCC1)NCCCCCCl. The predicted octanol–water partition coefficient (Wildman–Crippen LogP) is 3.48. The molecule has 1 N–H and O–H groups in total. The maximum Gasteiger partial charge on any atom is 0.220 e. The molecule has 1 rings (SSSR count). The van der Waals surface area contributed by atoms with Gasteiger partial charge in [-0.15, -0.1) is 11.6 Å². The van der Waals surface area contributed by atoms with Gasteiger partial charge >= 0.3 is 0 Å². The number of nitrogens with one attached hydrogen (secondary N) is 1. The quantitative estimate of drug-likeness (QED) is 0.540. The van der Waals surface area contributed by atoms with Crippen LogP contribution < -0.4 is 5.32 Å². The van der Waals surface area contributed by atoms with Crippen molar-refractivity contribution in [3.8, 4) is 0 Å². The molecule has 0 aromatic rings. The van der Waals surface area contributed by atoms with E-state index in [1.165, 1.54) is 32.1 Å². The summed E-state index contributed by atoms with van der Waals surface area (Å²) in [6.45, 7) is 0.822. The first kappa shape index (κ1) is 13.8. The summed E-state index contributed by atoms with van der Waals surface area (Å²) >= 11 is 5.58. The first-order valence-corrected chi connectivity index (χ1v) is 7.19. The summed E-state index contributed by atoms with van der Waals surface area (Å²) in [6.07, 6.45) is 10.5. The van der Waals surface area contributed by atoms with Crippen molar-refractivity contribution in [1.29, 1.82) is 0 Å². The summed E-state index contributed by atoms with van der Waals surface area (Å²) in [7, 11) is 0. The fraction of sp³-hybridized carbons (Fsp3) is 0.923. The van der Waals surface area contributed by atoms with Crippen molar-refractivity contribution in [1.82, 2.24) is 5.32 Å². The lowest BCUT2D eigenvalue weighted by Gasteiger charge is -2.20. The number of unbranched alkanes of at least 4 members (excludes halogenated alkanes) is 2. The van der Waals surface area contributed by atoms with Crippen LogP contribution in [0.25, 0.3) is 0 Å². The highest BCUT2D eigenvalue weighted by Crippen LogP contribution is 2.25. The molecule has 1 amide bonds. The second kappa shape index (κ2) is 8.86. The fourth-order valence-electron chi connectivity index (χ4n) is 2.35. The second-order valence-electron chi connectivity index (χ2n) is 4.81. The molecule has 0 radical (unpaired) electrons. The van der Waals surface area contributed by atoms with Crippen molar-refractivity contribution in [3.05, 3.63) is 0 Å². The molecule has 1 aliphatic carbocycles. The monoisotopic (exact) mass is 245 g/mol. The zero-order valence-electron chi connectivity index (χ0n) is 10.1. The van der Waals surface area contributed by atoms with Crippen molar-refractivity contribution in [3.63, 3.8) is 0 Å². The van der Waals surface area contributed by atoms with E-state index < -0.39 is 0 Å². The molecule has 0 aromatic carbocycles. The lowest BCUT2D eigenvalue weighted by molar-refractivity contribution is -0.122. The van der Waals surface area contributed by atoms with E-state index in [4.69, 9.17) is 11.6 Å². The minimum atomic E-state index is 0.248. The van der Waals surface area contributed by atoms with Crippen LogP contribution in [0.1, 0.15) is 57.8 Å². The molecule has 2 nitrogen and oxygen atoms in total. The molecule has 0 atom stereocenters. The molecule has 94 valence electrons. The van der Waals surface area contributed by atoms with Crippen LogP contribution in [0.15, 0.2) is 0 Å². The zero-order valence-corrected chi connectivity index (χ0v) is 10.9. The summed E-state index contributed by atoms with van der Waals surface area (Å²) in [5, 5.41) is 3.01. The van der Waals surface area contributed by atoms with E-state index in [-0.39, 0.29) is 5.91 Å². The predicted molar refractivity (Wildman–Crippen MR) is 68.8 cm³/mol. The van der Waals surface area contributed by atoms with Crippen molar-refractivity contribution in [2.45, 2.75) is 57.8 Å². The third-order valence-electron chi connectivity index (χ3n) is 3.33. The third kappa shape index (κ3) is 6.37. The molecule has 1 aliphatic rings. The van der Waals surface area contributed by atoms with Crippen LogP contribution in [-0.4, -0.2) is 18.3 Å². The van der Waals surface area contributed by atoms with E-state index in [1.807, 2.05) is 0 Å². The molecule has 3 heteroatoms. The first-order chi connectivity index (χ1) is 7.83. The van der Waals surface area contributed by atoms with E-state index >= 15 is 0 Å². The number of carbonyl (C=O) groups is 1. The minimum Gasteiger partial charge on any atom is -0.356 e. The van der Waals surface area contributed by atoms with E-state index in [9.17, 15) is 4.79 Å². The number of hydrogen-bond acceptors (Lipinski definition) is 1. The average molecular weight is 246 g/mol. The van der Waals surface area contributed by atoms with E-state index in [0.717, 1.165) is 38.1 Å². The molecule has 0 saturated heterocycles.